The molecule has 28 heavy (non-hydrogen) atoms. The number of terminal acetylenes is 1. The Morgan fingerprint density at radius 3 is 2.21 bits per heavy atom. The third-order valence-electron chi connectivity index (χ3n) is 3.94. The van der Waals surface area contributed by atoms with Crippen LogP contribution in [0.4, 0.5) is 0 Å². The summed E-state index contributed by atoms with van der Waals surface area (Å²) in [4.78, 5) is 45.7. The van der Waals surface area contributed by atoms with E-state index in [1.165, 1.54) is 6.92 Å². The van der Waals surface area contributed by atoms with Gasteiger partial charge in [-0.25, -0.2) is 4.79 Å². The highest BCUT2D eigenvalue weighted by Crippen LogP contribution is 2.05. The Morgan fingerprint density at radius 2 is 1.71 bits per heavy atom. The average Bonchev–Trinajstić information content (AvgIpc) is 2.63. The summed E-state index contributed by atoms with van der Waals surface area (Å²) < 4.78 is 0. The fraction of sp³-hybridized carbons (Fsp3) is 0.647. The van der Waals surface area contributed by atoms with Crippen molar-refractivity contribution in [3.05, 3.63) is 0 Å². The molecule has 0 saturated carbocycles. The van der Waals surface area contributed by atoms with Gasteiger partial charge in [-0.15, -0.1) is 0 Å². The Morgan fingerprint density at radius 1 is 1.07 bits per heavy atom. The quantitative estimate of drug-likeness (QED) is 0.127. The number of amides is 2. The number of rotatable bonds is 14. The van der Waals surface area contributed by atoms with Gasteiger partial charge in [-0.2, -0.15) is 0 Å². The second-order valence-corrected chi connectivity index (χ2v) is 6.27. The topological polar surface area (TPSA) is 191 Å². The third kappa shape index (κ3) is 10.3. The first-order valence-corrected chi connectivity index (χ1v) is 8.75. The average molecular weight is 400 g/mol. The smallest absolute Gasteiger partial charge is 0.326 e. The molecule has 158 valence electrons. The third-order valence-corrected chi connectivity index (χ3v) is 3.94. The van der Waals surface area contributed by atoms with Crippen molar-refractivity contribution < 1.29 is 34.5 Å². The van der Waals surface area contributed by atoms with Crippen LogP contribution in [0, 0.1) is 12.5 Å². The number of aliphatic hydroxyl groups excluding tert-OH is 1. The van der Waals surface area contributed by atoms with E-state index in [2.05, 4.69) is 22.0 Å². The first kappa shape index (κ1) is 25.2. The molecule has 2 amide bonds. The number of nitrogens with one attached hydrogen (secondary N) is 3. The highest BCUT2D eigenvalue weighted by Gasteiger charge is 2.24. The predicted octanol–water partition coefficient (Wildman–Crippen LogP) is -2.04. The van der Waals surface area contributed by atoms with Crippen molar-refractivity contribution in [3.63, 3.8) is 0 Å². The molecule has 0 aliphatic carbocycles. The molecular weight excluding hydrogens is 372 g/mol. The minimum atomic E-state index is -1.30. The van der Waals surface area contributed by atoms with Crippen molar-refractivity contribution in [2.75, 3.05) is 6.61 Å². The molecule has 0 radical (unpaired) electrons. The van der Waals surface area contributed by atoms with Crippen LogP contribution < -0.4 is 21.7 Å². The van der Waals surface area contributed by atoms with Gasteiger partial charge in [0.05, 0.1) is 12.6 Å². The normalized spacial score (nSPS) is 14.6. The molecule has 0 heterocycles. The molecule has 0 aromatic rings. The predicted molar refractivity (Wildman–Crippen MR) is 98.7 cm³/mol. The summed E-state index contributed by atoms with van der Waals surface area (Å²) in [7, 11) is 0. The summed E-state index contributed by atoms with van der Waals surface area (Å²) in [5.41, 5.74) is 5.38. The lowest BCUT2D eigenvalue weighted by Gasteiger charge is -2.19. The summed E-state index contributed by atoms with van der Waals surface area (Å²) in [6, 6.07) is -1.62. The van der Waals surface area contributed by atoms with Crippen LogP contribution in [-0.4, -0.2) is 69.8 Å². The summed E-state index contributed by atoms with van der Waals surface area (Å²) >= 11 is 0. The van der Waals surface area contributed by atoms with E-state index in [9.17, 15) is 29.4 Å². The monoisotopic (exact) mass is 400 g/mol. The van der Waals surface area contributed by atoms with E-state index < -0.39 is 47.9 Å². The second-order valence-electron chi connectivity index (χ2n) is 6.27. The van der Waals surface area contributed by atoms with E-state index in [1.54, 1.807) is 0 Å². The van der Waals surface area contributed by atoms with Crippen molar-refractivity contribution in [2.45, 2.75) is 63.2 Å². The van der Waals surface area contributed by atoms with Crippen LogP contribution >= 0.6 is 0 Å². The lowest BCUT2D eigenvalue weighted by molar-refractivity contribution is -0.142. The summed E-state index contributed by atoms with van der Waals surface area (Å²) in [5, 5.41) is 34.4. The van der Waals surface area contributed by atoms with Crippen molar-refractivity contribution in [2.24, 2.45) is 5.73 Å². The number of carbonyl (C=O) groups excluding carboxylic acids is 2. The number of carboxylic acids is 2. The van der Waals surface area contributed by atoms with Crippen molar-refractivity contribution in [1.82, 2.24) is 16.0 Å². The Labute approximate surface area is 163 Å². The molecule has 0 bridgehead atoms. The summed E-state index contributed by atoms with van der Waals surface area (Å²) in [5.74, 6) is -3.54. The highest BCUT2D eigenvalue weighted by molar-refractivity contribution is 5.87. The van der Waals surface area contributed by atoms with Crippen LogP contribution in [0.15, 0.2) is 0 Å². The van der Waals surface area contributed by atoms with E-state index in [1.807, 2.05) is 0 Å². The molecule has 4 unspecified atom stereocenters. The SMILES string of the molecule is C#CNC(C)C(=O)NC(CCC(=O)NC(CO)CCCC(N)C(=O)O)C(=O)O. The minimum absolute atomic E-state index is 0.155. The molecule has 0 fully saturated rings. The molecule has 0 saturated heterocycles. The van der Waals surface area contributed by atoms with Gasteiger partial charge in [-0.05, 0) is 32.6 Å². The molecule has 0 spiro atoms. The lowest BCUT2D eigenvalue weighted by Crippen LogP contribution is -2.48. The summed E-state index contributed by atoms with van der Waals surface area (Å²) in [6.07, 6.45) is 5.56. The Bertz CT molecular complexity index is 591. The van der Waals surface area contributed by atoms with Crippen LogP contribution in [-0.2, 0) is 19.2 Å². The highest BCUT2D eigenvalue weighted by atomic mass is 16.4. The number of nitrogens with two attached hydrogens (primary N) is 1. The van der Waals surface area contributed by atoms with Crippen LogP contribution in [0.5, 0.6) is 0 Å². The number of carbonyl (C=O) groups is 4. The van der Waals surface area contributed by atoms with Crippen LogP contribution in [0.25, 0.3) is 0 Å². The Kier molecular flexibility index (Phi) is 12.0. The number of aliphatic hydroxyl groups is 1. The van der Waals surface area contributed by atoms with Crippen LogP contribution in [0.2, 0.25) is 0 Å². The maximum absolute atomic E-state index is 12.0. The van der Waals surface area contributed by atoms with Crippen molar-refractivity contribution >= 4 is 23.8 Å². The van der Waals surface area contributed by atoms with Crippen LogP contribution in [0.1, 0.15) is 39.0 Å². The van der Waals surface area contributed by atoms with Gasteiger partial charge in [0.15, 0.2) is 0 Å². The molecule has 11 nitrogen and oxygen atoms in total. The van der Waals surface area contributed by atoms with Gasteiger partial charge >= 0.3 is 11.9 Å². The number of aliphatic carboxylic acids is 2. The zero-order valence-corrected chi connectivity index (χ0v) is 15.7. The van der Waals surface area contributed by atoms with E-state index in [0.717, 1.165) is 0 Å². The Balaban J connectivity index is 4.45. The fourth-order valence-electron chi connectivity index (χ4n) is 2.24. The van der Waals surface area contributed by atoms with Gasteiger partial charge in [0.1, 0.15) is 18.1 Å². The minimum Gasteiger partial charge on any atom is -0.480 e. The van der Waals surface area contributed by atoms with E-state index in [-0.39, 0.29) is 25.9 Å². The van der Waals surface area contributed by atoms with E-state index in [0.29, 0.717) is 12.8 Å². The molecule has 0 aromatic carbocycles. The zero-order valence-electron chi connectivity index (χ0n) is 15.7. The van der Waals surface area contributed by atoms with Gasteiger partial charge in [0, 0.05) is 12.5 Å². The largest absolute Gasteiger partial charge is 0.480 e. The van der Waals surface area contributed by atoms with Gasteiger partial charge in [0.2, 0.25) is 11.8 Å². The van der Waals surface area contributed by atoms with Gasteiger partial charge in [-0.1, -0.05) is 6.42 Å². The molecule has 0 aliphatic heterocycles. The molecule has 4 atom stereocenters. The maximum atomic E-state index is 12.0. The van der Waals surface area contributed by atoms with E-state index >= 15 is 0 Å². The second kappa shape index (κ2) is 13.3. The van der Waals surface area contributed by atoms with Crippen molar-refractivity contribution in [1.29, 1.82) is 0 Å². The number of hydrogen-bond donors (Lipinski definition) is 7. The van der Waals surface area contributed by atoms with E-state index in [4.69, 9.17) is 17.3 Å². The number of hydrogen-bond acceptors (Lipinski definition) is 7. The first-order chi connectivity index (χ1) is 13.1. The van der Waals surface area contributed by atoms with Crippen LogP contribution in [0.3, 0.4) is 0 Å². The lowest BCUT2D eigenvalue weighted by atomic mass is 10.1. The van der Waals surface area contributed by atoms with Gasteiger partial charge in [-0.3, -0.25) is 14.4 Å². The van der Waals surface area contributed by atoms with Gasteiger partial charge < -0.3 is 37.0 Å². The molecule has 11 heteroatoms. The zero-order chi connectivity index (χ0) is 21.7. The number of carboxylic acid groups (broad SMARTS) is 2. The Hall–Kier alpha value is -2.84. The van der Waals surface area contributed by atoms with Crippen molar-refractivity contribution in [3.8, 4) is 12.5 Å². The first-order valence-electron chi connectivity index (χ1n) is 8.75. The molecular formula is C17H28N4O7. The molecule has 0 rings (SSSR count). The van der Waals surface area contributed by atoms with Gasteiger partial charge in [0.25, 0.3) is 0 Å². The standard InChI is InChI=1S/C17H28N4O7/c1-3-19-10(2)15(24)21-13(17(27)28)7-8-14(23)20-11(9-22)5-4-6-12(18)16(25)26/h1,10-13,19,22H,4-9,18H2,2H3,(H,20,23)(H,21,24)(H,25,26)(H,27,28). The molecule has 0 aromatic heterocycles. The molecule has 8 N–H and O–H groups in total. The molecule has 0 aliphatic rings. The fourth-order valence-corrected chi connectivity index (χ4v) is 2.24. The maximum Gasteiger partial charge on any atom is 0.326 e. The summed E-state index contributed by atoms with van der Waals surface area (Å²) in [6.45, 7) is 1.10.